The largest absolute Gasteiger partial charge is 0.383 e. The molecule has 1 saturated heterocycles. The van der Waals surface area contributed by atoms with Gasteiger partial charge in [-0.2, -0.15) is 0 Å². The van der Waals surface area contributed by atoms with Crippen molar-refractivity contribution in [3.8, 4) is 0 Å². The van der Waals surface area contributed by atoms with E-state index in [4.69, 9.17) is 11.5 Å². The summed E-state index contributed by atoms with van der Waals surface area (Å²) in [5, 5.41) is 18.6. The van der Waals surface area contributed by atoms with E-state index in [2.05, 4.69) is 32.5 Å². The highest BCUT2D eigenvalue weighted by molar-refractivity contribution is 6.01. The van der Waals surface area contributed by atoms with Crippen molar-refractivity contribution in [2.75, 3.05) is 25.5 Å². The van der Waals surface area contributed by atoms with E-state index in [0.717, 1.165) is 0 Å². The number of anilines is 1. The van der Waals surface area contributed by atoms with E-state index in [1.54, 1.807) is 53.4 Å². The van der Waals surface area contributed by atoms with Crippen molar-refractivity contribution in [1.29, 1.82) is 0 Å². The van der Waals surface area contributed by atoms with Gasteiger partial charge in [0.1, 0.15) is 11.3 Å². The minimum atomic E-state index is -1.18. The third-order valence-corrected chi connectivity index (χ3v) is 5.75. The van der Waals surface area contributed by atoms with Crippen LogP contribution in [0.4, 0.5) is 16.2 Å². The van der Waals surface area contributed by atoms with Crippen molar-refractivity contribution in [2.45, 2.75) is 18.4 Å². The Labute approximate surface area is 214 Å². The van der Waals surface area contributed by atoms with Crippen LogP contribution in [0.3, 0.4) is 0 Å². The third kappa shape index (κ3) is 7.15. The number of benzene rings is 2. The SMILES string of the molecule is C=CC(=O)N1CCCC(O)(c2ccc(NC(=O)N/C(N)=[NH+]\C(N)=Nc3ccc(C(=O)NC)cc3)cc2)C1. The van der Waals surface area contributed by atoms with Gasteiger partial charge in [-0.15, -0.1) is 4.99 Å². The van der Waals surface area contributed by atoms with Crippen LogP contribution in [0, 0.1) is 0 Å². The zero-order valence-corrected chi connectivity index (χ0v) is 20.5. The highest BCUT2D eigenvalue weighted by Gasteiger charge is 2.36. The molecule has 194 valence electrons. The van der Waals surface area contributed by atoms with Gasteiger partial charge in [-0.1, -0.05) is 18.7 Å². The van der Waals surface area contributed by atoms with Crippen LogP contribution < -0.4 is 32.4 Å². The van der Waals surface area contributed by atoms with Crippen molar-refractivity contribution in [3.05, 3.63) is 72.3 Å². The number of nitrogens with one attached hydrogen (secondary N) is 4. The number of urea groups is 1. The quantitative estimate of drug-likeness (QED) is 0.158. The molecular weight excluding hydrogens is 476 g/mol. The third-order valence-electron chi connectivity index (χ3n) is 5.75. The fourth-order valence-corrected chi connectivity index (χ4v) is 3.91. The standard InChI is InChI=1S/C25H30N8O4/c1-3-20(34)33-14-4-13-25(37,15-33)17-7-11-19(12-8-17)30-24(36)32-23(27)31-22(26)29-18-9-5-16(6-10-18)21(35)28-2/h3,5-12,37H,1,4,13-15H2,2H3,(H,28,35)(H6,26,27,29,30,31,32,36)/p+1. The summed E-state index contributed by atoms with van der Waals surface area (Å²) in [7, 11) is 1.54. The van der Waals surface area contributed by atoms with Crippen LogP contribution in [-0.2, 0) is 10.4 Å². The van der Waals surface area contributed by atoms with Crippen LogP contribution in [0.2, 0.25) is 0 Å². The molecule has 0 radical (unpaired) electrons. The minimum absolute atomic E-state index is 0.0699. The van der Waals surface area contributed by atoms with Gasteiger partial charge in [0.05, 0.1) is 6.54 Å². The highest BCUT2D eigenvalue weighted by Crippen LogP contribution is 2.32. The first-order chi connectivity index (χ1) is 17.6. The number of amides is 4. The first kappa shape index (κ1) is 26.9. The maximum Gasteiger partial charge on any atom is 0.360 e. The monoisotopic (exact) mass is 507 g/mol. The molecule has 0 aromatic heterocycles. The number of rotatable bonds is 5. The Kier molecular flexibility index (Phi) is 8.59. The number of nitrogens with two attached hydrogens (primary N) is 2. The summed E-state index contributed by atoms with van der Waals surface area (Å²) < 4.78 is 0. The Bertz CT molecular complexity index is 1220. The summed E-state index contributed by atoms with van der Waals surface area (Å²) in [5.41, 5.74) is 12.5. The molecule has 4 amide bonds. The van der Waals surface area contributed by atoms with Crippen molar-refractivity contribution >= 4 is 41.1 Å². The van der Waals surface area contributed by atoms with E-state index in [1.807, 2.05) is 0 Å². The fourth-order valence-electron chi connectivity index (χ4n) is 3.91. The molecule has 1 aliphatic heterocycles. The van der Waals surface area contributed by atoms with Crippen LogP contribution in [0.25, 0.3) is 0 Å². The van der Waals surface area contributed by atoms with Gasteiger partial charge >= 0.3 is 12.0 Å². The number of hydrogen-bond acceptors (Lipinski definition) is 5. The van der Waals surface area contributed by atoms with Crippen LogP contribution in [0.5, 0.6) is 0 Å². The predicted molar refractivity (Wildman–Crippen MR) is 140 cm³/mol. The number of aliphatic hydroxyl groups is 1. The predicted octanol–water partition coefficient (Wildman–Crippen LogP) is -0.795. The molecule has 37 heavy (non-hydrogen) atoms. The zero-order chi connectivity index (χ0) is 27.0. The van der Waals surface area contributed by atoms with E-state index < -0.39 is 11.6 Å². The van der Waals surface area contributed by atoms with E-state index in [0.29, 0.717) is 41.9 Å². The number of β-amino-alcohol motifs (C(OH)–C–C–N with tert-alkyl or cyclic N) is 1. The molecule has 0 saturated carbocycles. The van der Waals surface area contributed by atoms with E-state index in [9.17, 15) is 19.5 Å². The Morgan fingerprint density at radius 3 is 2.43 bits per heavy atom. The molecule has 9 N–H and O–H groups in total. The normalized spacial score (nSPS) is 18.1. The van der Waals surface area contributed by atoms with Crippen molar-refractivity contribution in [3.63, 3.8) is 0 Å². The first-order valence-corrected chi connectivity index (χ1v) is 11.5. The number of carbonyl (C=O) groups is 3. The maximum atomic E-state index is 12.3. The number of carbonyl (C=O) groups excluding carboxylic acids is 3. The average molecular weight is 508 g/mol. The van der Waals surface area contributed by atoms with Gasteiger partial charge in [0.2, 0.25) is 5.91 Å². The lowest BCUT2D eigenvalue weighted by Gasteiger charge is -2.39. The van der Waals surface area contributed by atoms with Crippen molar-refractivity contribution in [1.82, 2.24) is 15.5 Å². The fraction of sp³-hybridized carbons (Fsp3) is 0.240. The number of guanidine groups is 2. The summed E-state index contributed by atoms with van der Waals surface area (Å²) in [5.74, 6) is -0.666. The molecule has 2 aromatic carbocycles. The molecule has 1 unspecified atom stereocenters. The van der Waals surface area contributed by atoms with E-state index >= 15 is 0 Å². The zero-order valence-electron chi connectivity index (χ0n) is 20.5. The minimum Gasteiger partial charge on any atom is -0.383 e. The second-order valence-corrected chi connectivity index (χ2v) is 8.42. The number of piperidine rings is 1. The van der Waals surface area contributed by atoms with Gasteiger partial charge in [-0.25, -0.2) is 15.1 Å². The summed E-state index contributed by atoms with van der Waals surface area (Å²) in [4.78, 5) is 44.1. The average Bonchev–Trinajstić information content (AvgIpc) is 2.88. The van der Waals surface area contributed by atoms with E-state index in [1.165, 1.54) is 13.1 Å². The van der Waals surface area contributed by atoms with Crippen molar-refractivity contribution < 1.29 is 24.5 Å². The van der Waals surface area contributed by atoms with Gasteiger partial charge in [0, 0.05) is 24.8 Å². The van der Waals surface area contributed by atoms with Crippen LogP contribution >= 0.6 is 0 Å². The Hall–Kier alpha value is -4.71. The lowest BCUT2D eigenvalue weighted by molar-refractivity contribution is -0.321. The molecule has 0 bridgehead atoms. The molecule has 1 fully saturated rings. The Balaban J connectivity index is 1.58. The summed E-state index contributed by atoms with van der Waals surface area (Å²) in [6.07, 6.45) is 2.41. The Morgan fingerprint density at radius 2 is 1.81 bits per heavy atom. The molecule has 12 nitrogen and oxygen atoms in total. The lowest BCUT2D eigenvalue weighted by Crippen LogP contribution is -2.85. The highest BCUT2D eigenvalue weighted by atomic mass is 16.3. The van der Waals surface area contributed by atoms with Gasteiger partial charge in [-0.3, -0.25) is 14.9 Å². The molecule has 2 aromatic rings. The van der Waals surface area contributed by atoms with Gasteiger partial charge in [0.25, 0.3) is 11.9 Å². The van der Waals surface area contributed by atoms with Crippen LogP contribution in [0.1, 0.15) is 28.8 Å². The van der Waals surface area contributed by atoms with Crippen LogP contribution in [-0.4, -0.2) is 59.9 Å². The van der Waals surface area contributed by atoms with Gasteiger partial charge < -0.3 is 26.8 Å². The molecule has 1 atom stereocenters. The molecular formula is C25H31N8O4+. The lowest BCUT2D eigenvalue weighted by atomic mass is 9.85. The second-order valence-electron chi connectivity index (χ2n) is 8.42. The molecule has 0 aliphatic carbocycles. The molecule has 3 rings (SSSR count). The molecule has 1 aliphatic rings. The van der Waals surface area contributed by atoms with Crippen LogP contribution in [0.15, 0.2) is 66.2 Å². The van der Waals surface area contributed by atoms with Gasteiger partial charge in [-0.05, 0) is 60.9 Å². The van der Waals surface area contributed by atoms with Gasteiger partial charge in [0.15, 0.2) is 0 Å². The number of likely N-dealkylation sites (tertiary alicyclic amines) is 1. The summed E-state index contributed by atoms with van der Waals surface area (Å²) in [6, 6.07) is 12.5. The summed E-state index contributed by atoms with van der Waals surface area (Å²) >= 11 is 0. The van der Waals surface area contributed by atoms with E-state index in [-0.39, 0.29) is 30.3 Å². The maximum absolute atomic E-state index is 12.3. The molecule has 12 heteroatoms. The summed E-state index contributed by atoms with van der Waals surface area (Å²) in [6.45, 7) is 4.24. The van der Waals surface area contributed by atoms with Crippen molar-refractivity contribution in [2.24, 2.45) is 16.5 Å². The second kappa shape index (κ2) is 11.8. The topological polar surface area (TPSA) is 189 Å². The Morgan fingerprint density at radius 1 is 1.14 bits per heavy atom. The first-order valence-electron chi connectivity index (χ1n) is 11.5. The molecule has 0 spiro atoms. The smallest absolute Gasteiger partial charge is 0.360 e. The number of hydrogen-bond donors (Lipinski definition) is 7. The molecule has 1 heterocycles. The number of aliphatic imine (C=N–C) groups is 1. The number of nitrogens with zero attached hydrogens (tertiary/aromatic N) is 2.